The number of aromatic nitrogens is 2. The first-order valence-corrected chi connectivity index (χ1v) is 13.3. The van der Waals surface area contributed by atoms with Crippen LogP contribution in [0.3, 0.4) is 0 Å². The van der Waals surface area contributed by atoms with Gasteiger partial charge in [0.1, 0.15) is 0 Å². The third-order valence-electron chi connectivity index (χ3n) is 7.21. The van der Waals surface area contributed by atoms with Crippen molar-refractivity contribution in [2.75, 3.05) is 26.7 Å². The summed E-state index contributed by atoms with van der Waals surface area (Å²) < 4.78 is 43.8. The number of nitrogens with one attached hydrogen (secondary N) is 1. The first kappa shape index (κ1) is 29.2. The van der Waals surface area contributed by atoms with E-state index in [1.807, 2.05) is 31.9 Å². The molecule has 3 N–H and O–H groups in total. The van der Waals surface area contributed by atoms with E-state index in [-0.39, 0.29) is 17.5 Å². The van der Waals surface area contributed by atoms with Gasteiger partial charge in [-0.2, -0.15) is 13.2 Å². The minimum absolute atomic E-state index is 0.0760. The second-order valence-electron chi connectivity index (χ2n) is 10.1. The topological polar surface area (TPSA) is 81.5 Å². The zero-order valence-corrected chi connectivity index (χ0v) is 22.1. The number of likely N-dealkylation sites (N-methyl/N-ethyl adjacent to an activating group) is 1. The largest absolute Gasteiger partial charge is 0.417 e. The predicted octanol–water partition coefficient (Wildman–Crippen LogP) is 5.39. The molecule has 0 spiro atoms. The lowest BCUT2D eigenvalue weighted by Gasteiger charge is -2.19. The van der Waals surface area contributed by atoms with E-state index in [1.54, 1.807) is 6.07 Å². The molecule has 3 rings (SSSR count). The van der Waals surface area contributed by atoms with Crippen LogP contribution in [0.15, 0.2) is 23.0 Å². The van der Waals surface area contributed by atoms with E-state index in [4.69, 9.17) is 5.11 Å². The average Bonchev–Trinajstić information content (AvgIpc) is 3.12. The second-order valence-corrected chi connectivity index (χ2v) is 10.1. The van der Waals surface area contributed by atoms with Crippen LogP contribution in [0.1, 0.15) is 68.7 Å². The summed E-state index contributed by atoms with van der Waals surface area (Å²) >= 11 is 0. The molecule has 1 unspecified atom stereocenters. The summed E-state index contributed by atoms with van der Waals surface area (Å²) in [6, 6.07) is 4.09. The van der Waals surface area contributed by atoms with Gasteiger partial charge in [-0.15, -0.1) is 0 Å². The number of halogens is 3. The highest BCUT2D eigenvalue weighted by Crippen LogP contribution is 2.39. The number of unbranched alkanes of at least 4 members (excludes halogenated alkanes) is 6. The first-order valence-electron chi connectivity index (χ1n) is 13.3. The Labute approximate surface area is 216 Å². The average molecular weight is 524 g/mol. The van der Waals surface area contributed by atoms with Crippen molar-refractivity contribution in [2.45, 2.75) is 84.0 Å². The molecule has 6 nitrogen and oxygen atoms in total. The van der Waals surface area contributed by atoms with Crippen LogP contribution in [0, 0.1) is 6.92 Å². The number of alkyl halides is 3. The molecule has 0 aliphatic rings. The Morgan fingerprint density at radius 2 is 1.70 bits per heavy atom. The molecule has 2 heterocycles. The molecule has 0 radical (unpaired) electrons. The van der Waals surface area contributed by atoms with Gasteiger partial charge in [-0.3, -0.25) is 4.79 Å². The van der Waals surface area contributed by atoms with E-state index in [0.717, 1.165) is 81.2 Å². The van der Waals surface area contributed by atoms with E-state index >= 15 is 0 Å². The number of aliphatic hydroxyl groups excluding tert-OH is 2. The predicted molar refractivity (Wildman–Crippen MR) is 142 cm³/mol. The summed E-state index contributed by atoms with van der Waals surface area (Å²) in [5, 5.41) is 19.0. The number of benzene rings is 1. The van der Waals surface area contributed by atoms with Crippen molar-refractivity contribution >= 4 is 21.8 Å². The highest BCUT2D eigenvalue weighted by Gasteiger charge is 2.34. The van der Waals surface area contributed by atoms with Crippen molar-refractivity contribution in [3.63, 3.8) is 0 Å². The number of hydrogen-bond donors (Lipinski definition) is 3. The number of H-pyrrole nitrogens is 1. The summed E-state index contributed by atoms with van der Waals surface area (Å²) in [6.45, 7) is 5.82. The summed E-state index contributed by atoms with van der Waals surface area (Å²) in [6.07, 6.45) is 3.01. The minimum Gasteiger partial charge on any atom is -0.394 e. The number of aromatic amines is 1. The number of aryl methyl sites for hydroxylation is 2. The van der Waals surface area contributed by atoms with Crippen LogP contribution in [0.25, 0.3) is 21.8 Å². The van der Waals surface area contributed by atoms with Crippen molar-refractivity contribution < 1.29 is 23.4 Å². The maximum Gasteiger partial charge on any atom is 0.417 e. The van der Waals surface area contributed by atoms with Crippen LogP contribution >= 0.6 is 0 Å². The Hall–Kier alpha value is -2.36. The molecule has 2 aromatic heterocycles. The van der Waals surface area contributed by atoms with Crippen molar-refractivity contribution in [2.24, 2.45) is 0 Å². The van der Waals surface area contributed by atoms with Crippen molar-refractivity contribution in [3.05, 3.63) is 45.4 Å². The highest BCUT2D eigenvalue weighted by molar-refractivity contribution is 6.09. The fourth-order valence-corrected chi connectivity index (χ4v) is 5.42. The zero-order valence-electron chi connectivity index (χ0n) is 22.1. The van der Waals surface area contributed by atoms with Crippen molar-refractivity contribution in [1.29, 1.82) is 0 Å². The molecule has 0 saturated heterocycles. The Balaban J connectivity index is 1.62. The monoisotopic (exact) mass is 523 g/mol. The number of pyridine rings is 1. The number of aliphatic hydroxyl groups is 2. The molecule has 0 amide bonds. The van der Waals surface area contributed by atoms with E-state index in [1.165, 1.54) is 0 Å². The molecule has 9 heteroatoms. The fourth-order valence-electron chi connectivity index (χ4n) is 5.42. The van der Waals surface area contributed by atoms with Crippen molar-refractivity contribution in [1.82, 2.24) is 14.5 Å². The summed E-state index contributed by atoms with van der Waals surface area (Å²) in [5.41, 5.74) is 1.25. The van der Waals surface area contributed by atoms with Gasteiger partial charge in [0.05, 0.1) is 18.3 Å². The lowest BCUT2D eigenvalue weighted by molar-refractivity contribution is -0.136. The maximum atomic E-state index is 13.9. The summed E-state index contributed by atoms with van der Waals surface area (Å²) in [5.74, 6) is 0. The van der Waals surface area contributed by atoms with Crippen LogP contribution in [-0.2, 0) is 19.1 Å². The van der Waals surface area contributed by atoms with Gasteiger partial charge in [0, 0.05) is 46.7 Å². The third-order valence-corrected chi connectivity index (χ3v) is 7.21. The Morgan fingerprint density at radius 3 is 2.32 bits per heavy atom. The molecule has 37 heavy (non-hydrogen) atoms. The molecule has 0 aliphatic heterocycles. The van der Waals surface area contributed by atoms with Gasteiger partial charge < -0.3 is 24.7 Å². The fraction of sp³-hybridized carbons (Fsp3) is 0.607. The molecular weight excluding hydrogens is 483 g/mol. The number of hydrogen-bond acceptors (Lipinski definition) is 4. The normalized spacial score (nSPS) is 13.3. The molecule has 0 fully saturated rings. The highest BCUT2D eigenvalue weighted by atomic mass is 19.4. The van der Waals surface area contributed by atoms with Gasteiger partial charge in [-0.05, 0) is 57.5 Å². The molecule has 1 aromatic carbocycles. The van der Waals surface area contributed by atoms with Crippen LogP contribution in [-0.4, -0.2) is 57.5 Å². The summed E-state index contributed by atoms with van der Waals surface area (Å²) in [4.78, 5) is 16.5. The Bertz CT molecular complexity index is 1230. The van der Waals surface area contributed by atoms with E-state index < -0.39 is 23.4 Å². The molecule has 0 bridgehead atoms. The quantitative estimate of drug-likeness (QED) is 0.248. The van der Waals surface area contributed by atoms with Gasteiger partial charge in [0.15, 0.2) is 0 Å². The Morgan fingerprint density at radius 1 is 1.05 bits per heavy atom. The van der Waals surface area contributed by atoms with Crippen LogP contribution in [0.4, 0.5) is 13.2 Å². The summed E-state index contributed by atoms with van der Waals surface area (Å²) in [7, 11) is 1.95. The SMILES string of the molecule is CCc1c(C)c2c3c(C(F)(F)F)cc(=O)[nH]c3ccc2n1CCCCCCCCCN(C)CC(O)CO. The minimum atomic E-state index is -4.61. The number of fused-ring (bicyclic) bond motifs is 3. The van der Waals surface area contributed by atoms with Gasteiger partial charge >= 0.3 is 6.18 Å². The molecule has 206 valence electrons. The zero-order chi connectivity index (χ0) is 27.2. The molecule has 0 aliphatic carbocycles. The van der Waals surface area contributed by atoms with Crippen LogP contribution in [0.2, 0.25) is 0 Å². The van der Waals surface area contributed by atoms with Crippen LogP contribution in [0.5, 0.6) is 0 Å². The maximum absolute atomic E-state index is 13.9. The first-order chi connectivity index (χ1) is 17.6. The lowest BCUT2D eigenvalue weighted by atomic mass is 10.0. The molecule has 1 atom stereocenters. The third kappa shape index (κ3) is 7.15. The second kappa shape index (κ2) is 12.9. The van der Waals surface area contributed by atoms with E-state index in [2.05, 4.69) is 9.55 Å². The van der Waals surface area contributed by atoms with Gasteiger partial charge in [0.2, 0.25) is 5.56 Å². The van der Waals surface area contributed by atoms with Crippen LogP contribution < -0.4 is 5.56 Å². The number of rotatable bonds is 14. The van der Waals surface area contributed by atoms with E-state index in [9.17, 15) is 23.1 Å². The Kier molecular flexibility index (Phi) is 10.2. The van der Waals surface area contributed by atoms with Gasteiger partial charge in [-0.25, -0.2) is 0 Å². The van der Waals surface area contributed by atoms with Crippen molar-refractivity contribution in [3.8, 4) is 0 Å². The molecule has 0 saturated carbocycles. The van der Waals surface area contributed by atoms with Gasteiger partial charge in [-0.1, -0.05) is 39.0 Å². The standard InChI is InChI=1S/C28H40F3N3O3/c1-4-23-19(2)26-24(13-12-22-27(26)21(28(29,30)31)16-25(37)32-22)34(23)15-11-9-7-5-6-8-10-14-33(3)17-20(36)18-35/h12-13,16,20,35-36H,4-11,14-15,17-18H2,1-3H3,(H,32,37). The molecule has 3 aromatic rings. The van der Waals surface area contributed by atoms with E-state index in [0.29, 0.717) is 18.0 Å². The smallest absolute Gasteiger partial charge is 0.394 e. The molecular formula is C28H40F3N3O3. The van der Waals surface area contributed by atoms with Gasteiger partial charge in [0.25, 0.3) is 0 Å². The number of nitrogens with zero attached hydrogens (tertiary/aromatic N) is 2. The lowest BCUT2D eigenvalue weighted by Crippen LogP contribution is -2.31.